The Labute approximate surface area is 112 Å². The highest BCUT2D eigenvalue weighted by Crippen LogP contribution is 2.38. The Balaban J connectivity index is 4.71. The molecule has 0 radical (unpaired) electrons. The van der Waals surface area contributed by atoms with Gasteiger partial charge in [-0.25, -0.2) is 5.06 Å². The number of amides is 1. The van der Waals surface area contributed by atoms with Crippen molar-refractivity contribution in [2.45, 2.75) is 52.2 Å². The molecule has 1 amide bonds. The standard InChI is InChI=1S/C13H27NO3Si/c1-9-11(10-12(15)14(5)16-6)17-18(7,8)13(2,3)4/h9H,10H2,1-8H3/b11-9-. The van der Waals surface area contributed by atoms with Gasteiger partial charge in [-0.3, -0.25) is 9.63 Å². The summed E-state index contributed by atoms with van der Waals surface area (Å²) in [6.45, 7) is 12.8. The summed E-state index contributed by atoms with van der Waals surface area (Å²) < 4.78 is 6.11. The fourth-order valence-electron chi connectivity index (χ4n) is 1.04. The molecular formula is C13H27NO3Si. The van der Waals surface area contributed by atoms with E-state index in [-0.39, 0.29) is 17.4 Å². The van der Waals surface area contributed by atoms with Crippen molar-refractivity contribution in [3.05, 3.63) is 11.8 Å². The predicted molar refractivity (Wildman–Crippen MR) is 76.4 cm³/mol. The molecule has 0 aromatic carbocycles. The lowest BCUT2D eigenvalue weighted by atomic mass is 10.2. The first-order valence-corrected chi connectivity index (χ1v) is 9.11. The van der Waals surface area contributed by atoms with E-state index in [0.29, 0.717) is 0 Å². The third-order valence-corrected chi connectivity index (χ3v) is 7.85. The van der Waals surface area contributed by atoms with E-state index in [2.05, 4.69) is 33.9 Å². The Bertz CT molecular complexity index is 319. The molecule has 106 valence electrons. The van der Waals surface area contributed by atoms with Gasteiger partial charge in [0.1, 0.15) is 0 Å². The first kappa shape index (κ1) is 17.2. The summed E-state index contributed by atoms with van der Waals surface area (Å²) in [5, 5.41) is 1.34. The summed E-state index contributed by atoms with van der Waals surface area (Å²) in [6, 6.07) is 0. The molecule has 0 aliphatic heterocycles. The molecule has 4 nitrogen and oxygen atoms in total. The molecule has 18 heavy (non-hydrogen) atoms. The number of rotatable bonds is 5. The highest BCUT2D eigenvalue weighted by Gasteiger charge is 2.39. The number of carbonyl (C=O) groups excluding carboxylic acids is 1. The van der Waals surface area contributed by atoms with Crippen LogP contribution in [0.25, 0.3) is 0 Å². The van der Waals surface area contributed by atoms with Crippen LogP contribution < -0.4 is 0 Å². The summed E-state index contributed by atoms with van der Waals surface area (Å²) in [6.07, 6.45) is 2.11. The average molecular weight is 273 g/mol. The quantitative estimate of drug-likeness (QED) is 0.438. The van der Waals surface area contributed by atoms with E-state index in [0.717, 1.165) is 5.76 Å². The molecule has 0 unspecified atom stereocenters. The lowest BCUT2D eigenvalue weighted by Gasteiger charge is -2.37. The number of hydroxylamine groups is 2. The maximum absolute atomic E-state index is 11.8. The van der Waals surface area contributed by atoms with E-state index in [1.54, 1.807) is 7.05 Å². The topological polar surface area (TPSA) is 38.8 Å². The molecule has 0 saturated carbocycles. The molecule has 0 aliphatic carbocycles. The molecule has 0 rings (SSSR count). The third kappa shape index (κ3) is 4.82. The second kappa shape index (κ2) is 6.38. The number of nitrogens with zero attached hydrogens (tertiary/aromatic N) is 1. The highest BCUT2D eigenvalue weighted by atomic mass is 28.4. The monoisotopic (exact) mass is 273 g/mol. The Morgan fingerprint density at radius 1 is 1.33 bits per heavy atom. The van der Waals surface area contributed by atoms with Crippen LogP contribution in [0.4, 0.5) is 0 Å². The summed E-state index contributed by atoms with van der Waals surface area (Å²) in [5.74, 6) is 0.625. The molecule has 0 fully saturated rings. The normalized spacial score (nSPS) is 13.4. The first-order chi connectivity index (χ1) is 8.05. The zero-order valence-corrected chi connectivity index (χ0v) is 14.0. The van der Waals surface area contributed by atoms with Crippen molar-refractivity contribution in [3.8, 4) is 0 Å². The Hall–Kier alpha value is -0.813. The minimum Gasteiger partial charge on any atom is -0.546 e. The van der Waals surface area contributed by atoms with Crippen LogP contribution >= 0.6 is 0 Å². The summed E-state index contributed by atoms with van der Waals surface area (Å²) in [5.41, 5.74) is 0. The van der Waals surface area contributed by atoms with Crippen LogP contribution in [0.5, 0.6) is 0 Å². The molecule has 0 bridgehead atoms. The van der Waals surface area contributed by atoms with Gasteiger partial charge in [-0.15, -0.1) is 0 Å². The molecule has 0 spiro atoms. The van der Waals surface area contributed by atoms with Crippen molar-refractivity contribution in [1.82, 2.24) is 5.06 Å². The SMILES string of the molecule is C/C=C(/CC(=O)N(C)OC)O[Si](C)(C)C(C)(C)C. The second-order valence-corrected chi connectivity index (χ2v) is 10.6. The average Bonchev–Trinajstić information content (AvgIpc) is 2.24. The van der Waals surface area contributed by atoms with Gasteiger partial charge >= 0.3 is 0 Å². The molecular weight excluding hydrogens is 246 g/mol. The second-order valence-electron chi connectivity index (χ2n) is 5.87. The summed E-state index contributed by atoms with van der Waals surface area (Å²) in [7, 11) is 1.19. The van der Waals surface area contributed by atoms with Crippen molar-refractivity contribution in [1.29, 1.82) is 0 Å². The van der Waals surface area contributed by atoms with E-state index in [1.165, 1.54) is 12.2 Å². The Morgan fingerprint density at radius 3 is 2.17 bits per heavy atom. The largest absolute Gasteiger partial charge is 0.546 e. The maximum atomic E-state index is 11.8. The van der Waals surface area contributed by atoms with Crippen molar-refractivity contribution in [3.63, 3.8) is 0 Å². The van der Waals surface area contributed by atoms with Gasteiger partial charge in [0.2, 0.25) is 8.32 Å². The zero-order chi connectivity index (χ0) is 14.6. The van der Waals surface area contributed by atoms with Crippen LogP contribution in [0.2, 0.25) is 18.1 Å². The van der Waals surface area contributed by atoms with Gasteiger partial charge in [0.05, 0.1) is 19.3 Å². The minimum atomic E-state index is -1.88. The van der Waals surface area contributed by atoms with Gasteiger partial charge in [0, 0.05) is 7.05 Å². The lowest BCUT2D eigenvalue weighted by Crippen LogP contribution is -2.41. The van der Waals surface area contributed by atoms with Crippen LogP contribution in [0.1, 0.15) is 34.1 Å². The molecule has 0 aromatic rings. The fraction of sp³-hybridized carbons (Fsp3) is 0.769. The van der Waals surface area contributed by atoms with E-state index in [4.69, 9.17) is 9.26 Å². The van der Waals surface area contributed by atoms with Crippen LogP contribution in [0.15, 0.2) is 11.8 Å². The van der Waals surface area contributed by atoms with Crippen molar-refractivity contribution in [2.75, 3.05) is 14.2 Å². The lowest BCUT2D eigenvalue weighted by molar-refractivity contribution is -0.168. The summed E-state index contributed by atoms with van der Waals surface area (Å²) >= 11 is 0. The number of hydrogen-bond donors (Lipinski definition) is 0. The minimum absolute atomic E-state index is 0.107. The zero-order valence-electron chi connectivity index (χ0n) is 13.0. The number of carbonyl (C=O) groups is 1. The Kier molecular flexibility index (Phi) is 6.09. The van der Waals surface area contributed by atoms with E-state index < -0.39 is 8.32 Å². The smallest absolute Gasteiger partial charge is 0.253 e. The van der Waals surface area contributed by atoms with E-state index in [9.17, 15) is 4.79 Å². The van der Waals surface area contributed by atoms with E-state index >= 15 is 0 Å². The van der Waals surface area contributed by atoms with Crippen molar-refractivity contribution >= 4 is 14.2 Å². The third-order valence-electron chi connectivity index (χ3n) is 3.46. The van der Waals surface area contributed by atoms with Crippen LogP contribution in [0, 0.1) is 0 Å². The fourth-order valence-corrected chi connectivity index (χ4v) is 2.19. The molecule has 0 aliphatic rings. The van der Waals surface area contributed by atoms with E-state index in [1.807, 2.05) is 13.0 Å². The van der Waals surface area contributed by atoms with Gasteiger partial charge < -0.3 is 4.43 Å². The number of allylic oxidation sites excluding steroid dienone is 1. The van der Waals surface area contributed by atoms with Crippen molar-refractivity contribution < 1.29 is 14.1 Å². The molecule has 0 heterocycles. The number of hydrogen-bond acceptors (Lipinski definition) is 3. The Morgan fingerprint density at radius 2 is 1.83 bits per heavy atom. The van der Waals surface area contributed by atoms with Crippen LogP contribution in [-0.2, 0) is 14.1 Å². The summed E-state index contributed by atoms with van der Waals surface area (Å²) in [4.78, 5) is 16.6. The van der Waals surface area contributed by atoms with Crippen LogP contribution in [0.3, 0.4) is 0 Å². The first-order valence-electron chi connectivity index (χ1n) is 6.20. The molecule has 0 atom stereocenters. The van der Waals surface area contributed by atoms with Gasteiger partial charge in [0.25, 0.3) is 5.91 Å². The predicted octanol–water partition coefficient (Wildman–Crippen LogP) is 3.32. The van der Waals surface area contributed by atoms with Gasteiger partial charge in [-0.2, -0.15) is 0 Å². The molecule has 0 saturated heterocycles. The van der Waals surface area contributed by atoms with Gasteiger partial charge in [-0.05, 0) is 25.1 Å². The van der Waals surface area contributed by atoms with Gasteiger partial charge in [0.15, 0.2) is 0 Å². The molecule has 0 N–H and O–H groups in total. The molecule has 5 heteroatoms. The van der Waals surface area contributed by atoms with Gasteiger partial charge in [-0.1, -0.05) is 26.8 Å². The maximum Gasteiger partial charge on any atom is 0.253 e. The van der Waals surface area contributed by atoms with Crippen LogP contribution in [-0.4, -0.2) is 33.4 Å². The highest BCUT2D eigenvalue weighted by molar-refractivity contribution is 6.74. The van der Waals surface area contributed by atoms with Crippen molar-refractivity contribution in [2.24, 2.45) is 0 Å². The molecule has 0 aromatic heterocycles.